The van der Waals surface area contributed by atoms with Gasteiger partial charge in [-0.1, -0.05) is 6.07 Å². The summed E-state index contributed by atoms with van der Waals surface area (Å²) in [6.45, 7) is 4.83. The topological polar surface area (TPSA) is 51.2 Å². The number of ether oxygens (including phenoxy) is 1. The van der Waals surface area contributed by atoms with Crippen LogP contribution in [0.2, 0.25) is 0 Å². The van der Waals surface area contributed by atoms with E-state index in [1.54, 1.807) is 19.2 Å². The average Bonchev–Trinajstić information content (AvgIpc) is 2.57. The van der Waals surface area contributed by atoms with Gasteiger partial charge in [0.2, 0.25) is 6.41 Å². The van der Waals surface area contributed by atoms with Gasteiger partial charge in [0.1, 0.15) is 21.5 Å². The van der Waals surface area contributed by atoms with Crippen LogP contribution in [-0.4, -0.2) is 40.2 Å². The number of carbonyl (C=O) groups is 1. The molecule has 7 heteroatoms. The van der Waals surface area contributed by atoms with Crippen molar-refractivity contribution in [3.05, 3.63) is 53.1 Å². The number of benzene rings is 1. The average molecular weight is 340 g/mol. The van der Waals surface area contributed by atoms with Gasteiger partial charge in [0, 0.05) is 36.0 Å². The number of nitrogens with one attached hydrogen (secondary N) is 1. The van der Waals surface area contributed by atoms with Crippen LogP contribution in [0.1, 0.15) is 23.2 Å². The van der Waals surface area contributed by atoms with Crippen LogP contribution in [0.4, 0.5) is 4.39 Å². The standard InChI is InChI=1S/C18H23B2FN2O2/c1-12-8-14(4-5-17(12)21)15-9-16(13(2)23-10-15)18(19,20)25-7-3-6-22-11-24/h4-5,8-11H,3,6-7,19-20H2,1-2H3,(H,22,24). The van der Waals surface area contributed by atoms with E-state index in [4.69, 9.17) is 4.74 Å². The van der Waals surface area contributed by atoms with Gasteiger partial charge in [-0.05, 0) is 55.2 Å². The normalized spacial score (nSPS) is 11.3. The van der Waals surface area contributed by atoms with Crippen LogP contribution in [0.25, 0.3) is 11.1 Å². The SMILES string of the molecule is BC(B)(OCCCNC=O)c1cc(-c2ccc(F)c(C)c2)cnc1C. The Morgan fingerprint density at radius 3 is 2.72 bits per heavy atom. The molecule has 1 aromatic carbocycles. The van der Waals surface area contributed by atoms with Crippen LogP contribution >= 0.6 is 0 Å². The van der Waals surface area contributed by atoms with Crippen LogP contribution in [0, 0.1) is 19.7 Å². The molecule has 0 radical (unpaired) electrons. The van der Waals surface area contributed by atoms with E-state index in [9.17, 15) is 9.18 Å². The number of hydrogen-bond donors (Lipinski definition) is 1. The van der Waals surface area contributed by atoms with Crippen molar-refractivity contribution in [3.63, 3.8) is 0 Å². The molecule has 0 aliphatic heterocycles. The molecule has 1 N–H and O–H groups in total. The minimum atomic E-state index is -0.511. The lowest BCUT2D eigenvalue weighted by Gasteiger charge is -2.28. The van der Waals surface area contributed by atoms with Crippen molar-refractivity contribution in [2.75, 3.05) is 13.2 Å². The second kappa shape index (κ2) is 8.30. The summed E-state index contributed by atoms with van der Waals surface area (Å²) in [6.07, 6.45) is 3.23. The van der Waals surface area contributed by atoms with Gasteiger partial charge in [-0.25, -0.2) is 4.39 Å². The maximum absolute atomic E-state index is 13.5. The molecule has 0 aliphatic rings. The van der Waals surface area contributed by atoms with Gasteiger partial charge in [0.25, 0.3) is 0 Å². The highest BCUT2D eigenvalue weighted by Gasteiger charge is 2.24. The van der Waals surface area contributed by atoms with Gasteiger partial charge >= 0.3 is 0 Å². The number of pyridine rings is 1. The summed E-state index contributed by atoms with van der Waals surface area (Å²) in [6, 6.07) is 7.12. The molecular formula is C18H23B2FN2O2. The maximum Gasteiger partial charge on any atom is 0.207 e. The van der Waals surface area contributed by atoms with Crippen LogP contribution in [-0.2, 0) is 14.9 Å². The summed E-state index contributed by atoms with van der Waals surface area (Å²) < 4.78 is 19.5. The summed E-state index contributed by atoms with van der Waals surface area (Å²) in [7, 11) is 4.01. The van der Waals surface area contributed by atoms with Crippen molar-refractivity contribution < 1.29 is 13.9 Å². The molecule has 0 atom stereocenters. The van der Waals surface area contributed by atoms with Crippen molar-refractivity contribution in [1.29, 1.82) is 0 Å². The van der Waals surface area contributed by atoms with E-state index in [0.29, 0.717) is 25.1 Å². The van der Waals surface area contributed by atoms with Gasteiger partial charge in [0.15, 0.2) is 0 Å². The van der Waals surface area contributed by atoms with Crippen molar-refractivity contribution >= 4 is 22.1 Å². The summed E-state index contributed by atoms with van der Waals surface area (Å²) in [5.74, 6) is -0.211. The van der Waals surface area contributed by atoms with Crippen LogP contribution in [0.5, 0.6) is 0 Å². The fourth-order valence-corrected chi connectivity index (χ4v) is 2.76. The van der Waals surface area contributed by atoms with Gasteiger partial charge in [0.05, 0.1) is 0 Å². The van der Waals surface area contributed by atoms with E-state index in [1.807, 2.05) is 28.7 Å². The Labute approximate surface area is 150 Å². The van der Waals surface area contributed by atoms with Crippen molar-refractivity contribution in [2.45, 2.75) is 25.7 Å². The first kappa shape index (κ1) is 19.2. The molecule has 1 aromatic heterocycles. The molecule has 0 bridgehead atoms. The minimum absolute atomic E-state index is 0.211. The van der Waals surface area contributed by atoms with Crippen molar-refractivity contribution in [1.82, 2.24) is 10.3 Å². The van der Waals surface area contributed by atoms with Gasteiger partial charge in [-0.15, -0.1) is 0 Å². The molecule has 130 valence electrons. The van der Waals surface area contributed by atoms with E-state index < -0.39 is 5.40 Å². The van der Waals surface area contributed by atoms with E-state index in [0.717, 1.165) is 28.8 Å². The van der Waals surface area contributed by atoms with Crippen LogP contribution < -0.4 is 5.32 Å². The fourth-order valence-electron chi connectivity index (χ4n) is 2.76. The summed E-state index contributed by atoms with van der Waals surface area (Å²) in [5.41, 5.74) is 4.37. The maximum atomic E-state index is 13.5. The number of aromatic nitrogens is 1. The zero-order valence-electron chi connectivity index (χ0n) is 15.2. The highest BCUT2D eigenvalue weighted by molar-refractivity contribution is 6.39. The highest BCUT2D eigenvalue weighted by atomic mass is 19.1. The molecule has 1 heterocycles. The Balaban J connectivity index is 2.22. The predicted molar refractivity (Wildman–Crippen MR) is 103 cm³/mol. The zero-order valence-corrected chi connectivity index (χ0v) is 15.2. The second-order valence-electron chi connectivity index (χ2n) is 6.61. The highest BCUT2D eigenvalue weighted by Crippen LogP contribution is 2.28. The largest absolute Gasteiger partial charge is 0.388 e. The first-order chi connectivity index (χ1) is 11.8. The summed E-state index contributed by atoms with van der Waals surface area (Å²) in [4.78, 5) is 14.8. The van der Waals surface area contributed by atoms with Crippen LogP contribution in [0.3, 0.4) is 0 Å². The lowest BCUT2D eigenvalue weighted by atomic mass is 9.60. The third kappa shape index (κ3) is 4.92. The molecule has 0 aliphatic carbocycles. The Hall–Kier alpha value is -2.14. The van der Waals surface area contributed by atoms with E-state index in [-0.39, 0.29) is 5.82 Å². The van der Waals surface area contributed by atoms with Gasteiger partial charge in [-0.2, -0.15) is 0 Å². The summed E-state index contributed by atoms with van der Waals surface area (Å²) in [5, 5.41) is 2.11. The molecule has 0 fully saturated rings. The Morgan fingerprint density at radius 1 is 1.28 bits per heavy atom. The number of hydrogen-bond acceptors (Lipinski definition) is 3. The molecule has 1 amide bonds. The quantitative estimate of drug-likeness (QED) is 0.444. The Bertz CT molecular complexity index is 754. The number of rotatable bonds is 8. The number of amides is 1. The van der Waals surface area contributed by atoms with E-state index >= 15 is 0 Å². The van der Waals surface area contributed by atoms with Crippen molar-refractivity contribution in [2.24, 2.45) is 0 Å². The molecule has 4 nitrogen and oxygen atoms in total. The van der Waals surface area contributed by atoms with Gasteiger partial charge < -0.3 is 10.1 Å². The summed E-state index contributed by atoms with van der Waals surface area (Å²) >= 11 is 0. The van der Waals surface area contributed by atoms with E-state index in [2.05, 4.69) is 16.4 Å². The zero-order chi connectivity index (χ0) is 18.4. The second-order valence-corrected chi connectivity index (χ2v) is 6.61. The van der Waals surface area contributed by atoms with Gasteiger partial charge in [-0.3, -0.25) is 9.78 Å². The Morgan fingerprint density at radius 2 is 2.04 bits per heavy atom. The first-order valence-corrected chi connectivity index (χ1v) is 8.40. The molecule has 0 spiro atoms. The first-order valence-electron chi connectivity index (χ1n) is 8.40. The predicted octanol–water partition coefficient (Wildman–Crippen LogP) is 1.03. The van der Waals surface area contributed by atoms with Crippen molar-refractivity contribution in [3.8, 4) is 11.1 Å². The molecule has 0 saturated heterocycles. The number of halogens is 1. The molecule has 25 heavy (non-hydrogen) atoms. The lowest BCUT2D eigenvalue weighted by molar-refractivity contribution is -0.109. The fraction of sp³-hybridized carbons (Fsp3) is 0.333. The lowest BCUT2D eigenvalue weighted by Crippen LogP contribution is -2.33. The minimum Gasteiger partial charge on any atom is -0.388 e. The molecule has 0 saturated carbocycles. The molecule has 2 aromatic rings. The molecular weight excluding hydrogens is 317 g/mol. The Kier molecular flexibility index (Phi) is 6.37. The molecule has 2 rings (SSSR count). The van der Waals surface area contributed by atoms with E-state index in [1.165, 1.54) is 6.07 Å². The number of carbonyl (C=O) groups excluding carboxylic acids is 1. The number of aryl methyl sites for hydroxylation is 2. The third-order valence-electron chi connectivity index (χ3n) is 4.24. The smallest absolute Gasteiger partial charge is 0.207 e. The monoisotopic (exact) mass is 340 g/mol. The van der Waals surface area contributed by atoms with Crippen LogP contribution in [0.15, 0.2) is 30.5 Å². The molecule has 0 unspecified atom stereocenters. The third-order valence-corrected chi connectivity index (χ3v) is 4.24. The number of nitrogens with zero attached hydrogens (tertiary/aromatic N) is 1.